The first-order valence-corrected chi connectivity index (χ1v) is 12.3. The summed E-state index contributed by atoms with van der Waals surface area (Å²) in [5, 5.41) is 8.73. The number of methoxy groups -OCH3 is 2. The van der Waals surface area contributed by atoms with Gasteiger partial charge in [-0.15, -0.1) is 11.3 Å². The minimum atomic E-state index is -0.0947. The number of thiophene rings is 1. The van der Waals surface area contributed by atoms with E-state index >= 15 is 0 Å². The highest BCUT2D eigenvalue weighted by molar-refractivity contribution is 7.17. The first kappa shape index (κ1) is 21.1. The molecule has 0 spiro atoms. The fourth-order valence-electron chi connectivity index (χ4n) is 5.11. The van der Waals surface area contributed by atoms with Crippen molar-refractivity contribution in [3.8, 4) is 11.5 Å². The molecule has 8 nitrogen and oxygen atoms in total. The van der Waals surface area contributed by atoms with Crippen LogP contribution in [0.1, 0.15) is 18.4 Å². The number of ether oxygens (including phenoxy) is 2. The topological polar surface area (TPSA) is 80.2 Å². The van der Waals surface area contributed by atoms with Crippen molar-refractivity contribution >= 4 is 39.0 Å². The zero-order chi connectivity index (χ0) is 23.2. The molecule has 4 heterocycles. The maximum atomic E-state index is 13.5. The van der Waals surface area contributed by atoms with Gasteiger partial charge in [-0.3, -0.25) is 4.79 Å². The van der Waals surface area contributed by atoms with E-state index in [1.54, 1.807) is 36.9 Å². The van der Waals surface area contributed by atoms with Gasteiger partial charge in [0.2, 0.25) is 5.91 Å². The summed E-state index contributed by atoms with van der Waals surface area (Å²) < 4.78 is 12.0. The maximum Gasteiger partial charge on any atom is 0.247 e. The molecule has 1 fully saturated rings. The first-order chi connectivity index (χ1) is 16.7. The molecule has 2 atom stereocenters. The van der Waals surface area contributed by atoms with Crippen LogP contribution in [-0.2, 0) is 4.79 Å². The molecule has 0 unspecified atom stereocenters. The van der Waals surface area contributed by atoms with Gasteiger partial charge >= 0.3 is 0 Å². The molecule has 1 amide bonds. The second-order valence-electron chi connectivity index (χ2n) is 8.78. The Balaban J connectivity index is 1.32. The van der Waals surface area contributed by atoms with E-state index in [1.807, 2.05) is 29.6 Å². The van der Waals surface area contributed by atoms with Crippen molar-refractivity contribution < 1.29 is 14.3 Å². The molecule has 1 aromatic carbocycles. The van der Waals surface area contributed by atoms with Gasteiger partial charge in [0.1, 0.15) is 12.1 Å². The summed E-state index contributed by atoms with van der Waals surface area (Å²) in [6.07, 6.45) is 7.44. The number of hydrazone groups is 1. The van der Waals surface area contributed by atoms with E-state index in [4.69, 9.17) is 14.6 Å². The third kappa shape index (κ3) is 3.34. The predicted molar refractivity (Wildman–Crippen MR) is 132 cm³/mol. The van der Waals surface area contributed by atoms with Gasteiger partial charge in [0.15, 0.2) is 11.5 Å². The van der Waals surface area contributed by atoms with Gasteiger partial charge in [-0.25, -0.2) is 15.0 Å². The third-order valence-electron chi connectivity index (χ3n) is 6.95. The van der Waals surface area contributed by atoms with Gasteiger partial charge in [-0.05, 0) is 42.5 Å². The number of benzene rings is 1. The predicted octanol–water partition coefficient (Wildman–Crippen LogP) is 3.73. The summed E-state index contributed by atoms with van der Waals surface area (Å²) in [5.41, 5.74) is 2.86. The van der Waals surface area contributed by atoms with E-state index in [-0.39, 0.29) is 23.8 Å². The molecular weight excluding hydrogens is 450 g/mol. The van der Waals surface area contributed by atoms with Gasteiger partial charge in [-0.1, -0.05) is 12.2 Å². The lowest BCUT2D eigenvalue weighted by atomic mass is 9.76. The zero-order valence-corrected chi connectivity index (χ0v) is 19.9. The Hall–Kier alpha value is -3.46. The Morgan fingerprint density at radius 2 is 1.79 bits per heavy atom. The molecule has 174 valence electrons. The van der Waals surface area contributed by atoms with Crippen LogP contribution in [-0.4, -0.2) is 59.9 Å². The number of fused-ring (bicyclic) bond motifs is 2. The summed E-state index contributed by atoms with van der Waals surface area (Å²) >= 11 is 1.64. The summed E-state index contributed by atoms with van der Waals surface area (Å²) in [5.74, 6) is 2.36. The largest absolute Gasteiger partial charge is 0.493 e. The molecule has 1 aliphatic carbocycles. The van der Waals surface area contributed by atoms with Gasteiger partial charge in [0, 0.05) is 24.6 Å². The molecule has 0 saturated carbocycles. The molecule has 0 bridgehead atoms. The minimum absolute atomic E-state index is 0.0134. The molecule has 0 N–H and O–H groups in total. The van der Waals surface area contributed by atoms with Crippen molar-refractivity contribution in [2.75, 3.05) is 32.2 Å². The molecule has 34 heavy (non-hydrogen) atoms. The molecule has 2 aromatic heterocycles. The number of allylic oxidation sites excluding steroid dienone is 2. The van der Waals surface area contributed by atoms with Crippen molar-refractivity contribution in [1.29, 1.82) is 0 Å². The van der Waals surface area contributed by atoms with Crippen LogP contribution in [0.3, 0.4) is 0 Å². The van der Waals surface area contributed by atoms with Crippen molar-refractivity contribution in [3.05, 3.63) is 53.7 Å². The smallest absolute Gasteiger partial charge is 0.247 e. The monoisotopic (exact) mass is 475 g/mol. The van der Waals surface area contributed by atoms with Crippen molar-refractivity contribution in [2.45, 2.75) is 18.9 Å². The third-order valence-corrected chi connectivity index (χ3v) is 7.85. The Labute approximate surface area is 201 Å². The Morgan fingerprint density at radius 3 is 2.59 bits per heavy atom. The zero-order valence-electron chi connectivity index (χ0n) is 19.0. The standard InChI is InChI=1S/C25H25N5O3S/c1-32-20-8-7-15(11-21(20)33-2)22-17-5-3-4-6-18(17)25(31)30(28-22)16-12-29(13-16)24-23-19(9-10-34-23)26-14-27-24/h3-4,7-11,14,16-18H,5-6,12-13H2,1-2H3/t17-,18+/m0/s1. The summed E-state index contributed by atoms with van der Waals surface area (Å²) in [4.78, 5) is 24.6. The molecule has 3 aromatic rings. The van der Waals surface area contributed by atoms with Crippen LogP contribution in [0.5, 0.6) is 11.5 Å². The average Bonchev–Trinajstić information content (AvgIpc) is 3.34. The molecule has 3 aliphatic rings. The summed E-state index contributed by atoms with van der Waals surface area (Å²) in [6, 6.07) is 7.89. The van der Waals surface area contributed by atoms with Crippen molar-refractivity contribution in [3.63, 3.8) is 0 Å². The number of carbonyl (C=O) groups is 1. The lowest BCUT2D eigenvalue weighted by molar-refractivity contribution is -0.141. The Kier molecular flexibility index (Phi) is 5.21. The highest BCUT2D eigenvalue weighted by Gasteiger charge is 2.45. The lowest BCUT2D eigenvalue weighted by Gasteiger charge is -2.47. The second-order valence-corrected chi connectivity index (χ2v) is 9.70. The van der Waals surface area contributed by atoms with Gasteiger partial charge in [0.05, 0.1) is 42.1 Å². The highest BCUT2D eigenvalue weighted by Crippen LogP contribution is 2.39. The van der Waals surface area contributed by atoms with E-state index in [0.29, 0.717) is 24.6 Å². The second kappa shape index (κ2) is 8.39. The Morgan fingerprint density at radius 1 is 1.00 bits per heavy atom. The van der Waals surface area contributed by atoms with Crippen LogP contribution in [0.25, 0.3) is 10.2 Å². The molecule has 9 heteroatoms. The minimum Gasteiger partial charge on any atom is -0.493 e. The van der Waals surface area contributed by atoms with Crippen molar-refractivity contribution in [1.82, 2.24) is 15.0 Å². The summed E-state index contributed by atoms with van der Waals surface area (Å²) in [7, 11) is 3.26. The van der Waals surface area contributed by atoms with E-state index in [2.05, 4.69) is 27.0 Å². The number of carbonyl (C=O) groups excluding carboxylic acids is 1. The number of aromatic nitrogens is 2. The van der Waals surface area contributed by atoms with Crippen LogP contribution in [0.15, 0.2) is 53.2 Å². The number of hydrogen-bond donors (Lipinski definition) is 0. The number of rotatable bonds is 5. The van der Waals surface area contributed by atoms with Crippen molar-refractivity contribution in [2.24, 2.45) is 16.9 Å². The fourth-order valence-corrected chi connectivity index (χ4v) is 5.97. The molecule has 6 rings (SSSR count). The van der Waals surface area contributed by atoms with Crippen LogP contribution in [0.4, 0.5) is 5.82 Å². The quantitative estimate of drug-likeness (QED) is 0.523. The summed E-state index contributed by atoms with van der Waals surface area (Å²) in [6.45, 7) is 1.40. The molecular formula is C25H25N5O3S. The number of nitrogens with zero attached hydrogens (tertiary/aromatic N) is 5. The Bertz CT molecular complexity index is 1310. The molecule has 2 aliphatic heterocycles. The van der Waals surface area contributed by atoms with Crippen LogP contribution in [0, 0.1) is 11.8 Å². The lowest BCUT2D eigenvalue weighted by Crippen LogP contribution is -2.62. The van der Waals surface area contributed by atoms with E-state index in [1.165, 1.54) is 0 Å². The molecule has 1 saturated heterocycles. The normalized spacial score (nSPS) is 22.4. The van der Waals surface area contributed by atoms with Gasteiger partial charge < -0.3 is 14.4 Å². The molecule has 0 radical (unpaired) electrons. The van der Waals surface area contributed by atoms with Gasteiger partial charge in [0.25, 0.3) is 0 Å². The van der Waals surface area contributed by atoms with E-state index in [9.17, 15) is 4.79 Å². The van der Waals surface area contributed by atoms with Gasteiger partial charge in [-0.2, -0.15) is 5.10 Å². The highest BCUT2D eigenvalue weighted by atomic mass is 32.1. The SMILES string of the molecule is COc1ccc(C2=NN(C3CN(c4ncnc5ccsc45)C3)C(=O)[C@@H]3CC=CC[C@H]23)cc1OC. The maximum absolute atomic E-state index is 13.5. The number of amides is 1. The average molecular weight is 476 g/mol. The van der Waals surface area contributed by atoms with E-state index in [0.717, 1.165) is 40.2 Å². The number of anilines is 1. The fraction of sp³-hybridized carbons (Fsp3) is 0.360. The number of hydrogen-bond acceptors (Lipinski definition) is 8. The van der Waals surface area contributed by atoms with Crippen LogP contribution in [0.2, 0.25) is 0 Å². The first-order valence-electron chi connectivity index (χ1n) is 11.4. The van der Waals surface area contributed by atoms with E-state index < -0.39 is 0 Å². The van der Waals surface area contributed by atoms with Crippen LogP contribution >= 0.6 is 11.3 Å². The van der Waals surface area contributed by atoms with Crippen LogP contribution < -0.4 is 14.4 Å².